The molecule has 0 bridgehead atoms. The minimum Gasteiger partial charge on any atom is -0.260 e. The van der Waals surface area contributed by atoms with E-state index in [-0.39, 0.29) is 18.9 Å². The Morgan fingerprint density at radius 2 is 0.818 bits per heavy atom. The fourth-order valence-electron chi connectivity index (χ4n) is 0. The van der Waals surface area contributed by atoms with Gasteiger partial charge in [-0.25, -0.2) is 0 Å². The topological polar surface area (TPSA) is 109 Å². The van der Waals surface area contributed by atoms with Gasteiger partial charge in [-0.05, 0) is 0 Å². The maximum absolute atomic E-state index is 10.2. The third-order valence-electron chi connectivity index (χ3n) is 0. The molecular weight excluding hydrogens is 205 g/mol. The number of halogens is 2. The molecule has 0 aromatic carbocycles. The molecule has 11 heteroatoms. The Morgan fingerprint density at radius 3 is 0.818 bits per heavy atom. The smallest absolute Gasteiger partial charge is 0.260 e. The third kappa shape index (κ3) is 9150. The van der Waals surface area contributed by atoms with Crippen LogP contribution in [0.15, 0.2) is 0 Å². The third-order valence-corrected chi connectivity index (χ3v) is 0. The molecule has 0 fully saturated rings. The van der Waals surface area contributed by atoms with Gasteiger partial charge >= 0.3 is 21.0 Å². The Bertz CT molecular complexity index is 215. The molecule has 0 heterocycles. The van der Waals surface area contributed by atoms with Crippen LogP contribution in [-0.4, -0.2) is 44.8 Å². The normalized spacial score (nSPS) is 10.5. The summed E-state index contributed by atoms with van der Waals surface area (Å²) >= 11 is 0. The van der Waals surface area contributed by atoms with E-state index in [4.69, 9.17) is 25.9 Å². The average Bonchev–Trinajstić information content (AvgIpc) is 1.12. The summed E-state index contributed by atoms with van der Waals surface area (Å²) in [7, 11) is -10.3. The Hall–Kier alpha value is 0.277. The van der Waals surface area contributed by atoms with Crippen LogP contribution >= 0.6 is 0 Å². The quantitative estimate of drug-likeness (QED) is 0.304. The summed E-state index contributed by atoms with van der Waals surface area (Å²) in [6.45, 7) is 0. The molecule has 0 saturated heterocycles. The van der Waals surface area contributed by atoms with Gasteiger partial charge in [0.1, 0.15) is 0 Å². The minimum absolute atomic E-state index is 0. The van der Waals surface area contributed by atoms with Gasteiger partial charge in [0.15, 0.2) is 0 Å². The van der Waals surface area contributed by atoms with Crippen LogP contribution in [-0.2, 0) is 21.0 Å². The van der Waals surface area contributed by atoms with E-state index in [1.165, 1.54) is 0 Å². The molecule has 0 spiro atoms. The predicted octanol–water partition coefficient (Wildman–Crippen LogP) is -0.863. The standard InChI is InChI=1S/2FHO3S.Li/c2*1-5(2,3)4;/h2*(H,2,3,4);. The van der Waals surface area contributed by atoms with Crippen molar-refractivity contribution in [3.8, 4) is 0 Å². The Morgan fingerprint density at radius 1 is 0.818 bits per heavy atom. The Kier molecular flexibility index (Phi) is 9.28. The first-order valence-electron chi connectivity index (χ1n) is 1.34. The summed E-state index contributed by atoms with van der Waals surface area (Å²) < 4.78 is 68.2. The van der Waals surface area contributed by atoms with Gasteiger partial charge in [0.25, 0.3) is 0 Å². The molecule has 1 radical (unpaired) electrons. The summed E-state index contributed by atoms with van der Waals surface area (Å²) in [4.78, 5) is 0. The summed E-state index contributed by atoms with van der Waals surface area (Å²) in [6.07, 6.45) is 0. The van der Waals surface area contributed by atoms with Crippen molar-refractivity contribution in [2.24, 2.45) is 0 Å². The molecule has 11 heavy (non-hydrogen) atoms. The van der Waals surface area contributed by atoms with E-state index in [1.54, 1.807) is 0 Å². The second-order valence-electron chi connectivity index (χ2n) is 0.824. The number of hydrogen-bond acceptors (Lipinski definition) is 4. The van der Waals surface area contributed by atoms with Crippen LogP contribution < -0.4 is 0 Å². The first-order chi connectivity index (χ1) is 4.00. The van der Waals surface area contributed by atoms with E-state index in [2.05, 4.69) is 0 Å². The van der Waals surface area contributed by atoms with Gasteiger partial charge in [-0.3, -0.25) is 9.11 Å². The number of rotatable bonds is 0. The van der Waals surface area contributed by atoms with Gasteiger partial charge in [-0.15, -0.1) is 0 Å². The Labute approximate surface area is 73.9 Å². The zero-order valence-electron chi connectivity index (χ0n) is 5.10. The molecule has 0 amide bonds. The summed E-state index contributed by atoms with van der Waals surface area (Å²) in [5, 5.41) is 0. The zero-order valence-corrected chi connectivity index (χ0v) is 6.73. The van der Waals surface area contributed by atoms with Crippen LogP contribution in [0.1, 0.15) is 0 Å². The van der Waals surface area contributed by atoms with Crippen LogP contribution in [0.5, 0.6) is 0 Å². The molecule has 2 N–H and O–H groups in total. The van der Waals surface area contributed by atoms with Crippen LogP contribution in [0.4, 0.5) is 7.77 Å². The van der Waals surface area contributed by atoms with Crippen LogP contribution in [0.3, 0.4) is 0 Å². The molecule has 0 aromatic rings. The summed E-state index contributed by atoms with van der Waals surface area (Å²) in [5.74, 6) is 0. The fraction of sp³-hybridized carbons (Fsp3) is 0. The van der Waals surface area contributed by atoms with Crippen molar-refractivity contribution in [3.63, 3.8) is 0 Å². The van der Waals surface area contributed by atoms with Crippen molar-refractivity contribution >= 4 is 39.9 Å². The molecule has 0 atom stereocenters. The fourth-order valence-corrected chi connectivity index (χ4v) is 0. The molecule has 0 aliphatic carbocycles. The first kappa shape index (κ1) is 17.4. The van der Waals surface area contributed by atoms with Gasteiger partial charge in [-0.1, -0.05) is 7.77 Å². The van der Waals surface area contributed by atoms with Crippen molar-refractivity contribution in [1.82, 2.24) is 0 Å². The molecule has 0 aromatic heterocycles. The Balaban J connectivity index is -0.000000107. The van der Waals surface area contributed by atoms with Crippen molar-refractivity contribution in [2.45, 2.75) is 0 Å². The van der Waals surface area contributed by atoms with Crippen molar-refractivity contribution < 1.29 is 33.7 Å². The molecule has 0 rings (SSSR count). The monoisotopic (exact) mass is 207 g/mol. The van der Waals surface area contributed by atoms with Crippen LogP contribution in [0, 0.1) is 0 Å². The molecule has 0 saturated carbocycles. The SMILES string of the molecule is O=S(=O)(O)F.O=S(=O)(O)F.[Li]. The van der Waals surface area contributed by atoms with Crippen molar-refractivity contribution in [1.29, 1.82) is 0 Å². The summed E-state index contributed by atoms with van der Waals surface area (Å²) in [6, 6.07) is 0. The molecule has 65 valence electrons. The van der Waals surface area contributed by atoms with Crippen molar-refractivity contribution in [2.75, 3.05) is 0 Å². The summed E-state index contributed by atoms with van der Waals surface area (Å²) in [5.41, 5.74) is 0. The van der Waals surface area contributed by atoms with Crippen LogP contribution in [0.2, 0.25) is 0 Å². The van der Waals surface area contributed by atoms with Gasteiger partial charge in [0, 0.05) is 18.9 Å². The van der Waals surface area contributed by atoms with Gasteiger partial charge in [0.05, 0.1) is 0 Å². The van der Waals surface area contributed by atoms with E-state index in [0.29, 0.717) is 0 Å². The van der Waals surface area contributed by atoms with Gasteiger partial charge < -0.3 is 0 Å². The van der Waals surface area contributed by atoms with E-state index in [1.807, 2.05) is 0 Å². The molecular formula is H2F2LiO6S2. The van der Waals surface area contributed by atoms with Crippen molar-refractivity contribution in [3.05, 3.63) is 0 Å². The van der Waals surface area contributed by atoms with Gasteiger partial charge in [-0.2, -0.15) is 16.8 Å². The largest absolute Gasteiger partial charge is 0.435 e. The predicted molar refractivity (Wildman–Crippen MR) is 31.1 cm³/mol. The minimum atomic E-state index is -5.17. The maximum Gasteiger partial charge on any atom is 0.435 e. The second-order valence-corrected chi connectivity index (χ2v) is 2.47. The molecule has 6 nitrogen and oxygen atoms in total. The van der Waals surface area contributed by atoms with Crippen LogP contribution in [0.25, 0.3) is 0 Å². The van der Waals surface area contributed by atoms with E-state index >= 15 is 0 Å². The molecule has 0 unspecified atom stereocenters. The number of hydrogen-bond donors (Lipinski definition) is 2. The van der Waals surface area contributed by atoms with E-state index in [0.717, 1.165) is 0 Å². The van der Waals surface area contributed by atoms with E-state index in [9.17, 15) is 7.77 Å². The zero-order chi connectivity index (χ0) is 9.00. The molecule has 0 aliphatic rings. The second kappa shape index (κ2) is 5.87. The average molecular weight is 207 g/mol. The first-order valence-corrected chi connectivity index (χ1v) is 4.02. The van der Waals surface area contributed by atoms with E-state index < -0.39 is 21.0 Å². The molecule has 0 aliphatic heterocycles. The maximum atomic E-state index is 10.2. The van der Waals surface area contributed by atoms with Gasteiger partial charge in [0.2, 0.25) is 0 Å².